The highest BCUT2D eigenvalue weighted by atomic mass is 32.2. The average molecular weight is 474 g/mol. The van der Waals surface area contributed by atoms with Crippen molar-refractivity contribution in [3.05, 3.63) is 65.2 Å². The van der Waals surface area contributed by atoms with Crippen LogP contribution in [0.5, 0.6) is 0 Å². The van der Waals surface area contributed by atoms with E-state index in [1.807, 2.05) is 51.1 Å². The summed E-state index contributed by atoms with van der Waals surface area (Å²) in [5.74, 6) is -0.703. The number of carbonyl (C=O) groups excluding carboxylic acids is 2. The highest BCUT2D eigenvalue weighted by Gasteiger charge is 2.30. The van der Waals surface area contributed by atoms with Gasteiger partial charge in [-0.25, -0.2) is 8.42 Å². The van der Waals surface area contributed by atoms with E-state index in [2.05, 4.69) is 5.32 Å². The summed E-state index contributed by atoms with van der Waals surface area (Å²) in [5, 5.41) is 2.87. The summed E-state index contributed by atoms with van der Waals surface area (Å²) in [6.45, 7) is 7.89. The molecule has 7 nitrogen and oxygen atoms in total. The first-order valence-electron chi connectivity index (χ1n) is 11.2. The molecule has 180 valence electrons. The fourth-order valence-electron chi connectivity index (χ4n) is 3.41. The van der Waals surface area contributed by atoms with Crippen molar-refractivity contribution >= 4 is 27.5 Å². The fraction of sp³-hybridized carbons (Fsp3) is 0.440. The van der Waals surface area contributed by atoms with Crippen molar-refractivity contribution in [3.63, 3.8) is 0 Å². The maximum absolute atomic E-state index is 13.4. The number of benzene rings is 2. The van der Waals surface area contributed by atoms with Crippen LogP contribution in [0.2, 0.25) is 0 Å². The van der Waals surface area contributed by atoms with Gasteiger partial charge in [-0.1, -0.05) is 55.3 Å². The Kier molecular flexibility index (Phi) is 9.46. The van der Waals surface area contributed by atoms with E-state index in [9.17, 15) is 18.0 Å². The molecule has 0 aliphatic rings. The lowest BCUT2D eigenvalue weighted by atomic mass is 10.1. The van der Waals surface area contributed by atoms with Crippen LogP contribution in [0.4, 0.5) is 5.69 Å². The van der Waals surface area contributed by atoms with Gasteiger partial charge in [-0.05, 0) is 50.5 Å². The molecule has 0 aromatic heterocycles. The van der Waals surface area contributed by atoms with Crippen molar-refractivity contribution in [1.82, 2.24) is 10.2 Å². The van der Waals surface area contributed by atoms with E-state index in [0.29, 0.717) is 12.2 Å². The molecule has 0 bridgehead atoms. The molecule has 0 heterocycles. The van der Waals surface area contributed by atoms with Crippen LogP contribution in [0.15, 0.2) is 48.5 Å². The SMILES string of the molecule is CCCCNC(=O)[C@H](C)N(Cc1ccc(C)cc1)C(=O)CN(c1cccc(C)c1)S(C)(=O)=O. The van der Waals surface area contributed by atoms with Crippen LogP contribution >= 0.6 is 0 Å². The molecule has 0 unspecified atom stereocenters. The number of hydrogen-bond acceptors (Lipinski definition) is 4. The molecule has 33 heavy (non-hydrogen) atoms. The van der Waals surface area contributed by atoms with Crippen molar-refractivity contribution < 1.29 is 18.0 Å². The average Bonchev–Trinajstić information content (AvgIpc) is 2.75. The lowest BCUT2D eigenvalue weighted by molar-refractivity contribution is -0.139. The third-order valence-corrected chi connectivity index (χ3v) is 6.58. The molecule has 2 amide bonds. The Morgan fingerprint density at radius 1 is 1.03 bits per heavy atom. The summed E-state index contributed by atoms with van der Waals surface area (Å²) >= 11 is 0. The first kappa shape index (κ1) is 26.4. The van der Waals surface area contributed by atoms with Gasteiger partial charge >= 0.3 is 0 Å². The van der Waals surface area contributed by atoms with Gasteiger partial charge in [-0.2, -0.15) is 0 Å². The maximum Gasteiger partial charge on any atom is 0.244 e. The van der Waals surface area contributed by atoms with Gasteiger partial charge in [0.1, 0.15) is 12.6 Å². The number of amides is 2. The van der Waals surface area contributed by atoms with E-state index >= 15 is 0 Å². The summed E-state index contributed by atoms with van der Waals surface area (Å²) in [5.41, 5.74) is 3.25. The summed E-state index contributed by atoms with van der Waals surface area (Å²) < 4.78 is 26.2. The van der Waals surface area contributed by atoms with E-state index in [4.69, 9.17) is 0 Å². The van der Waals surface area contributed by atoms with Gasteiger partial charge in [0.05, 0.1) is 11.9 Å². The van der Waals surface area contributed by atoms with Crippen LogP contribution in [0, 0.1) is 13.8 Å². The van der Waals surface area contributed by atoms with Crippen LogP contribution in [-0.4, -0.2) is 50.5 Å². The molecule has 0 saturated heterocycles. The third-order valence-electron chi connectivity index (χ3n) is 5.44. The van der Waals surface area contributed by atoms with Gasteiger partial charge in [0.2, 0.25) is 21.8 Å². The van der Waals surface area contributed by atoms with Gasteiger partial charge < -0.3 is 10.2 Å². The number of carbonyl (C=O) groups is 2. The minimum atomic E-state index is -3.72. The highest BCUT2D eigenvalue weighted by Crippen LogP contribution is 2.20. The smallest absolute Gasteiger partial charge is 0.244 e. The number of unbranched alkanes of at least 4 members (excludes halogenated alkanes) is 1. The third kappa shape index (κ3) is 7.89. The molecule has 0 aliphatic heterocycles. The first-order valence-corrected chi connectivity index (χ1v) is 13.0. The summed E-state index contributed by atoms with van der Waals surface area (Å²) in [6.07, 6.45) is 2.87. The van der Waals surface area contributed by atoms with Crippen molar-refractivity contribution in [2.75, 3.05) is 23.7 Å². The molecule has 0 radical (unpaired) electrons. The molecule has 2 aromatic carbocycles. The zero-order valence-corrected chi connectivity index (χ0v) is 21.0. The Bertz CT molecular complexity index is 1050. The predicted molar refractivity (Wildman–Crippen MR) is 132 cm³/mol. The molecule has 2 rings (SSSR count). The Balaban J connectivity index is 2.33. The molecule has 1 atom stereocenters. The van der Waals surface area contributed by atoms with Gasteiger partial charge in [0.25, 0.3) is 0 Å². The normalized spacial score (nSPS) is 12.2. The van der Waals surface area contributed by atoms with E-state index in [1.165, 1.54) is 4.90 Å². The van der Waals surface area contributed by atoms with E-state index in [1.54, 1.807) is 25.1 Å². The van der Waals surface area contributed by atoms with Crippen molar-refractivity contribution in [2.24, 2.45) is 0 Å². The quantitative estimate of drug-likeness (QED) is 0.507. The van der Waals surface area contributed by atoms with E-state index < -0.39 is 22.0 Å². The summed E-state index contributed by atoms with van der Waals surface area (Å²) in [7, 11) is -3.72. The number of aryl methyl sites for hydroxylation is 2. The largest absolute Gasteiger partial charge is 0.354 e. The topological polar surface area (TPSA) is 86.8 Å². The molecule has 0 saturated carbocycles. The Labute approximate surface area is 197 Å². The van der Waals surface area contributed by atoms with Gasteiger partial charge in [0, 0.05) is 13.1 Å². The summed E-state index contributed by atoms with van der Waals surface area (Å²) in [6, 6.07) is 13.9. The van der Waals surface area contributed by atoms with E-state index in [-0.39, 0.29) is 19.0 Å². The van der Waals surface area contributed by atoms with Crippen molar-refractivity contribution in [3.8, 4) is 0 Å². The summed E-state index contributed by atoms with van der Waals surface area (Å²) in [4.78, 5) is 27.7. The number of nitrogens with one attached hydrogen (secondary N) is 1. The second kappa shape index (κ2) is 11.8. The minimum absolute atomic E-state index is 0.201. The minimum Gasteiger partial charge on any atom is -0.354 e. The second-order valence-corrected chi connectivity index (χ2v) is 10.3. The molecule has 8 heteroatoms. The van der Waals surface area contributed by atoms with Crippen LogP contribution < -0.4 is 9.62 Å². The van der Waals surface area contributed by atoms with Crippen molar-refractivity contribution in [1.29, 1.82) is 0 Å². The maximum atomic E-state index is 13.4. The van der Waals surface area contributed by atoms with Gasteiger partial charge in [0.15, 0.2) is 0 Å². The first-order chi connectivity index (χ1) is 15.5. The fourth-order valence-corrected chi connectivity index (χ4v) is 4.25. The second-order valence-electron chi connectivity index (χ2n) is 8.44. The van der Waals surface area contributed by atoms with Gasteiger partial charge in [-0.3, -0.25) is 13.9 Å². The van der Waals surface area contributed by atoms with Crippen LogP contribution in [0.25, 0.3) is 0 Å². The number of anilines is 1. The Hall–Kier alpha value is -2.87. The standard InChI is InChI=1S/C25H35N3O4S/c1-6-7-15-26-25(30)21(4)27(17-22-13-11-19(2)12-14-22)24(29)18-28(33(5,31)32)23-10-8-9-20(3)16-23/h8-14,16,21H,6-7,15,17-18H2,1-5H3,(H,26,30)/t21-/m0/s1. The van der Waals surface area contributed by atoms with Crippen molar-refractivity contribution in [2.45, 2.75) is 53.1 Å². The molecule has 1 N–H and O–H groups in total. The number of hydrogen-bond donors (Lipinski definition) is 1. The number of nitrogens with zero attached hydrogens (tertiary/aromatic N) is 2. The van der Waals surface area contributed by atoms with Crippen LogP contribution in [0.1, 0.15) is 43.4 Å². The molecule has 0 spiro atoms. The monoisotopic (exact) mass is 473 g/mol. The predicted octanol–water partition coefficient (Wildman–Crippen LogP) is 3.40. The molecular weight excluding hydrogens is 438 g/mol. The van der Waals surface area contributed by atoms with E-state index in [0.717, 1.165) is 40.1 Å². The zero-order chi connectivity index (χ0) is 24.6. The van der Waals surface area contributed by atoms with Gasteiger partial charge in [-0.15, -0.1) is 0 Å². The number of rotatable bonds is 11. The lowest BCUT2D eigenvalue weighted by Gasteiger charge is -2.31. The lowest BCUT2D eigenvalue weighted by Crippen LogP contribution is -2.51. The van der Waals surface area contributed by atoms with Crippen LogP contribution in [-0.2, 0) is 26.2 Å². The molecule has 0 fully saturated rings. The molecular formula is C25H35N3O4S. The zero-order valence-electron chi connectivity index (χ0n) is 20.2. The number of sulfonamides is 1. The molecule has 2 aromatic rings. The molecule has 0 aliphatic carbocycles. The highest BCUT2D eigenvalue weighted by molar-refractivity contribution is 7.92. The Morgan fingerprint density at radius 2 is 1.70 bits per heavy atom. The Morgan fingerprint density at radius 3 is 2.27 bits per heavy atom. The van der Waals surface area contributed by atoms with Crippen LogP contribution in [0.3, 0.4) is 0 Å².